The van der Waals surface area contributed by atoms with E-state index in [1.807, 2.05) is 7.05 Å². The number of rotatable bonds is 4. The van der Waals surface area contributed by atoms with Crippen LogP contribution in [0.15, 0.2) is 18.2 Å². The Balaban J connectivity index is 1.54. The van der Waals surface area contributed by atoms with Crippen molar-refractivity contribution >= 4 is 11.6 Å². The predicted molar refractivity (Wildman–Crippen MR) is 82.7 cm³/mol. The minimum absolute atomic E-state index is 0.0328. The van der Waals surface area contributed by atoms with Crippen LogP contribution in [0.3, 0.4) is 0 Å². The lowest BCUT2D eigenvalue weighted by Gasteiger charge is -2.30. The van der Waals surface area contributed by atoms with E-state index >= 15 is 0 Å². The Bertz CT molecular complexity index is 619. The number of benzene rings is 1. The smallest absolute Gasteiger partial charge is 0.395 e. The van der Waals surface area contributed by atoms with E-state index in [0.29, 0.717) is 18.3 Å². The summed E-state index contributed by atoms with van der Waals surface area (Å²) in [5, 5.41) is 2.73. The van der Waals surface area contributed by atoms with Gasteiger partial charge in [0, 0.05) is 24.6 Å². The molecular weight excluding hydrogens is 320 g/mol. The molecule has 1 amide bonds. The van der Waals surface area contributed by atoms with Crippen molar-refractivity contribution in [3.05, 3.63) is 18.2 Å². The predicted octanol–water partition coefficient (Wildman–Crippen LogP) is -0.862. The molecule has 0 bridgehead atoms. The molecule has 1 aromatic rings. The average molecular weight is 343 g/mol. The highest BCUT2D eigenvalue weighted by Gasteiger charge is 2.43. The molecule has 3 rings (SSSR count). The summed E-state index contributed by atoms with van der Waals surface area (Å²) >= 11 is 0. The summed E-state index contributed by atoms with van der Waals surface area (Å²) in [6, 6.07) is 4.72. The molecule has 0 aromatic heterocycles. The van der Waals surface area contributed by atoms with Gasteiger partial charge in [0.25, 0.3) is 5.91 Å². The summed E-state index contributed by atoms with van der Waals surface area (Å²) in [5.74, 6) is -0.254. The Labute approximate surface area is 139 Å². The van der Waals surface area contributed by atoms with E-state index in [2.05, 4.69) is 21.8 Å². The number of carbonyl (C=O) groups excluding carboxylic acids is 1. The van der Waals surface area contributed by atoms with Gasteiger partial charge in [-0.15, -0.1) is 8.78 Å². The van der Waals surface area contributed by atoms with E-state index < -0.39 is 6.29 Å². The van der Waals surface area contributed by atoms with Gasteiger partial charge in [-0.05, 0) is 12.1 Å². The van der Waals surface area contributed by atoms with Crippen molar-refractivity contribution in [3.8, 4) is 11.5 Å². The fourth-order valence-corrected chi connectivity index (χ4v) is 3.23. The maximum Gasteiger partial charge on any atom is 0.586 e. The molecule has 1 atom stereocenters. The maximum absolute atomic E-state index is 13.0. The minimum Gasteiger partial charge on any atom is -0.395 e. The van der Waals surface area contributed by atoms with Crippen LogP contribution in [0, 0.1) is 0 Å². The molecule has 1 saturated heterocycles. The molecular formula is C16H23F2N3O3+2. The number of alkyl halides is 2. The minimum atomic E-state index is -3.65. The molecule has 6 nitrogen and oxygen atoms in total. The lowest BCUT2D eigenvalue weighted by Crippen LogP contribution is -3.18. The number of carbonyl (C=O) groups is 1. The van der Waals surface area contributed by atoms with Crippen LogP contribution in [0.5, 0.6) is 11.5 Å². The highest BCUT2D eigenvalue weighted by molar-refractivity contribution is 5.91. The molecule has 0 spiro atoms. The van der Waals surface area contributed by atoms with Gasteiger partial charge in [-0.25, -0.2) is 0 Å². The Hall–Kier alpha value is -1.93. The van der Waals surface area contributed by atoms with Crippen molar-refractivity contribution in [1.29, 1.82) is 0 Å². The molecule has 2 aliphatic heterocycles. The number of amides is 1. The third-order valence-corrected chi connectivity index (χ3v) is 4.66. The van der Waals surface area contributed by atoms with Gasteiger partial charge < -0.3 is 24.6 Å². The number of hydrogen-bond donors (Lipinski definition) is 3. The third-order valence-electron chi connectivity index (χ3n) is 4.66. The largest absolute Gasteiger partial charge is 0.586 e. The summed E-state index contributed by atoms with van der Waals surface area (Å²) in [5.41, 5.74) is 0.417. The second-order valence-electron chi connectivity index (χ2n) is 6.63. The van der Waals surface area contributed by atoms with Gasteiger partial charge in [0.15, 0.2) is 18.0 Å². The Morgan fingerprint density at radius 2 is 2.00 bits per heavy atom. The Morgan fingerprint density at radius 1 is 1.33 bits per heavy atom. The molecule has 0 aliphatic carbocycles. The standard InChI is InChI=1S/C16H21F2N3O3/c1-20-7-5-12(6-8-20)21(2)10-15(22)19-11-3-4-13-14(9-11)24-16(17,18)23-13/h3-4,9,12H,5-8,10H2,1-2H3,(H,19,22)/p+2. The number of nitrogens with one attached hydrogen (secondary N) is 3. The first-order valence-electron chi connectivity index (χ1n) is 8.16. The van der Waals surface area contributed by atoms with Gasteiger partial charge in [0.1, 0.15) is 0 Å². The van der Waals surface area contributed by atoms with Gasteiger partial charge in [0.05, 0.1) is 33.2 Å². The molecule has 1 fully saturated rings. The van der Waals surface area contributed by atoms with E-state index in [0.717, 1.165) is 25.9 Å². The summed E-state index contributed by atoms with van der Waals surface area (Å²) in [7, 11) is 4.20. The van der Waals surface area contributed by atoms with Gasteiger partial charge in [-0.3, -0.25) is 4.79 Å². The van der Waals surface area contributed by atoms with Crippen LogP contribution < -0.4 is 24.6 Å². The lowest BCUT2D eigenvalue weighted by atomic mass is 10.0. The van der Waals surface area contributed by atoms with Crippen LogP contribution in [0.2, 0.25) is 0 Å². The molecule has 8 heteroatoms. The first kappa shape index (κ1) is 16.9. The van der Waals surface area contributed by atoms with Crippen LogP contribution in [-0.4, -0.2) is 52.0 Å². The second-order valence-corrected chi connectivity index (χ2v) is 6.63. The quantitative estimate of drug-likeness (QED) is 0.667. The van der Waals surface area contributed by atoms with Crippen molar-refractivity contribution in [2.24, 2.45) is 0 Å². The maximum atomic E-state index is 13.0. The fourth-order valence-electron chi connectivity index (χ4n) is 3.23. The Kier molecular flexibility index (Phi) is 4.60. The first-order chi connectivity index (χ1) is 11.3. The zero-order valence-electron chi connectivity index (χ0n) is 13.8. The molecule has 3 N–H and O–H groups in total. The number of fused-ring (bicyclic) bond motifs is 1. The number of ether oxygens (including phenoxy) is 2. The third kappa shape index (κ3) is 3.93. The molecule has 2 heterocycles. The topological polar surface area (TPSA) is 56.4 Å². The summed E-state index contributed by atoms with van der Waals surface area (Å²) in [6.45, 7) is 2.59. The van der Waals surface area contributed by atoms with E-state index in [4.69, 9.17) is 0 Å². The van der Waals surface area contributed by atoms with Crippen molar-refractivity contribution < 1.29 is 32.8 Å². The van der Waals surface area contributed by atoms with Crippen LogP contribution >= 0.6 is 0 Å². The van der Waals surface area contributed by atoms with Crippen molar-refractivity contribution in [1.82, 2.24) is 0 Å². The number of anilines is 1. The normalized spacial score (nSPS) is 26.0. The highest BCUT2D eigenvalue weighted by atomic mass is 19.3. The molecule has 1 aromatic carbocycles. The number of quaternary nitrogens is 2. The number of likely N-dealkylation sites (tertiary alicyclic amines) is 1. The van der Waals surface area contributed by atoms with Gasteiger partial charge in [0.2, 0.25) is 0 Å². The zero-order valence-corrected chi connectivity index (χ0v) is 13.8. The molecule has 132 valence electrons. The van der Waals surface area contributed by atoms with E-state index in [9.17, 15) is 13.6 Å². The number of halogens is 2. The van der Waals surface area contributed by atoms with Crippen LogP contribution in [0.4, 0.5) is 14.5 Å². The van der Waals surface area contributed by atoms with E-state index in [-0.39, 0.29) is 17.4 Å². The summed E-state index contributed by atoms with van der Waals surface area (Å²) in [4.78, 5) is 14.9. The lowest BCUT2D eigenvalue weighted by molar-refractivity contribution is -0.935. The Morgan fingerprint density at radius 3 is 2.71 bits per heavy atom. The SMILES string of the molecule is C[NH+]1CCC([NH+](C)CC(=O)Nc2ccc3c(c2)OC(F)(F)O3)CC1. The first-order valence-corrected chi connectivity index (χ1v) is 8.16. The number of piperidine rings is 1. The van der Waals surface area contributed by atoms with Gasteiger partial charge in [-0.1, -0.05) is 0 Å². The van der Waals surface area contributed by atoms with Crippen molar-refractivity contribution in [2.45, 2.75) is 25.2 Å². The summed E-state index contributed by atoms with van der Waals surface area (Å²) in [6.07, 6.45) is -1.44. The number of likely N-dealkylation sites (N-methyl/N-ethyl adjacent to an activating group) is 1. The van der Waals surface area contributed by atoms with E-state index in [1.54, 1.807) is 0 Å². The summed E-state index contributed by atoms with van der Waals surface area (Å²) < 4.78 is 34.7. The second kappa shape index (κ2) is 6.52. The molecule has 2 aliphatic rings. The van der Waals surface area contributed by atoms with Crippen LogP contribution in [0.1, 0.15) is 12.8 Å². The molecule has 1 unspecified atom stereocenters. The zero-order chi connectivity index (χ0) is 17.3. The van der Waals surface area contributed by atoms with Crippen LogP contribution in [-0.2, 0) is 4.79 Å². The molecule has 0 saturated carbocycles. The van der Waals surface area contributed by atoms with Crippen molar-refractivity contribution in [3.63, 3.8) is 0 Å². The number of hydrogen-bond acceptors (Lipinski definition) is 3. The average Bonchev–Trinajstić information content (AvgIpc) is 2.80. The van der Waals surface area contributed by atoms with E-state index in [1.165, 1.54) is 28.0 Å². The van der Waals surface area contributed by atoms with Gasteiger partial charge in [-0.2, -0.15) is 0 Å². The van der Waals surface area contributed by atoms with Crippen molar-refractivity contribution in [2.75, 3.05) is 39.0 Å². The highest BCUT2D eigenvalue weighted by Crippen LogP contribution is 2.42. The molecule has 0 radical (unpaired) electrons. The fraction of sp³-hybridized carbons (Fsp3) is 0.562. The van der Waals surface area contributed by atoms with Crippen LogP contribution in [0.25, 0.3) is 0 Å². The monoisotopic (exact) mass is 343 g/mol. The molecule has 24 heavy (non-hydrogen) atoms. The van der Waals surface area contributed by atoms with Gasteiger partial charge >= 0.3 is 6.29 Å².